The number of carbonyl (C=O) groups is 3. The van der Waals surface area contributed by atoms with Gasteiger partial charge < -0.3 is 47.2 Å². The Balaban J connectivity index is 2.19. The van der Waals surface area contributed by atoms with Crippen LogP contribution in [-0.4, -0.2) is 112 Å². The second kappa shape index (κ2) is 46.3. The van der Waals surface area contributed by atoms with Crippen LogP contribution in [0.15, 0.2) is 60.7 Å². The predicted molar refractivity (Wildman–Crippen MR) is 384 cm³/mol. The third-order valence-corrected chi connectivity index (χ3v) is 27.0. The number of benzene rings is 2. The lowest BCUT2D eigenvalue weighted by molar-refractivity contribution is -0.269. The zero-order valence-electron chi connectivity index (χ0n) is 60.4. The minimum Gasteiger partial charge on any atom is -0.462 e. The second-order valence-electron chi connectivity index (χ2n) is 29.9. The van der Waals surface area contributed by atoms with Crippen LogP contribution in [0.1, 0.15) is 234 Å². The molecule has 1 amide bonds. The van der Waals surface area contributed by atoms with E-state index in [1.54, 1.807) is 48.5 Å². The van der Waals surface area contributed by atoms with Crippen LogP contribution < -0.4 is 14.4 Å². The lowest BCUT2D eigenvalue weighted by atomic mass is 9.96. The topological polar surface area (TPSA) is 173 Å². The Labute approximate surface area is 563 Å². The Morgan fingerprint density at radius 2 is 1.02 bits per heavy atom. The summed E-state index contributed by atoms with van der Waals surface area (Å²) in [7, 11) is -10.5. The number of ether oxygens (including phenoxy) is 6. The van der Waals surface area contributed by atoms with Crippen molar-refractivity contribution in [2.75, 3.05) is 26.6 Å². The van der Waals surface area contributed by atoms with Crippen molar-refractivity contribution in [1.29, 1.82) is 0 Å². The number of amides is 1. The molecule has 1 aliphatic heterocycles. The molecule has 2 aromatic carbocycles. The highest BCUT2D eigenvalue weighted by molar-refractivity contribution is 7.49. The molecule has 1 N–H and O–H groups in total. The van der Waals surface area contributed by atoms with Gasteiger partial charge in [-0.1, -0.05) is 265 Å². The van der Waals surface area contributed by atoms with Gasteiger partial charge in [0.2, 0.25) is 5.91 Å². The Bertz CT molecular complexity index is 2240. The predicted octanol–water partition coefficient (Wildman–Crippen LogP) is 20.5. The van der Waals surface area contributed by atoms with Gasteiger partial charge in [0.15, 0.2) is 20.7 Å². The van der Waals surface area contributed by atoms with Crippen molar-refractivity contribution in [3.8, 4) is 11.5 Å². The van der Waals surface area contributed by atoms with E-state index >= 15 is 14.2 Å². The van der Waals surface area contributed by atoms with Crippen LogP contribution in [0, 0.1) is 0 Å². The quantitative estimate of drug-likeness (QED) is 0.0218. The smallest absolute Gasteiger partial charge is 0.462 e. The Kier molecular flexibility index (Phi) is 42.0. The minimum absolute atomic E-state index is 0.0431. The lowest BCUT2D eigenvalue weighted by Gasteiger charge is -2.47. The summed E-state index contributed by atoms with van der Waals surface area (Å²) in [6, 6.07) is 17.7. The highest BCUT2D eigenvalue weighted by Gasteiger charge is 2.55. The van der Waals surface area contributed by atoms with Gasteiger partial charge >= 0.3 is 19.8 Å². The number of unbranched alkanes of at least 4 members (excludes halogenated alkanes) is 22. The summed E-state index contributed by atoms with van der Waals surface area (Å²) in [6.45, 7) is 31.8. The molecule has 3 rings (SSSR count). The maximum Gasteiger partial charge on any atom is 0.588 e. The van der Waals surface area contributed by atoms with E-state index in [1.165, 1.54) is 83.5 Å². The van der Waals surface area contributed by atoms with E-state index in [-0.39, 0.29) is 61.8 Å². The summed E-state index contributed by atoms with van der Waals surface area (Å²) in [4.78, 5) is 44.2. The van der Waals surface area contributed by atoms with Gasteiger partial charge in [-0.2, -0.15) is 0 Å². The Morgan fingerprint density at radius 1 is 0.565 bits per heavy atom. The van der Waals surface area contributed by atoms with Crippen LogP contribution in [0.4, 0.5) is 0 Å². The standard InChI is InChI=1S/C73H132NO14PSi3/c1-15-18-21-24-26-28-29-31-33-36-45-52-67(76)83-64(51-40-34-23-20-17-3)58-68(77)85-71-69(74-66(75)57-63(81-60-79-53-55-90(7,8)9)50-39-35-32-30-27-25-22-19-16-2)72(80-54-56-91(10,11)12)84-65(59-82-92(13,14)73(4,5)6)70(71)88-89(78,86-61-46-41-37-42-47-61)87-62-48-43-38-44-49-62/h37-38,41-44,46-49,63-65,69-72H,15-36,39-40,45,50-60H2,1-14H3,(H,74,75)/t63?,64?,65-,69-,70-,71-,72-/m1/s1. The summed E-state index contributed by atoms with van der Waals surface area (Å²) in [5.74, 6) is -1.06. The molecule has 0 saturated carbocycles. The minimum atomic E-state index is -4.81. The number of phosphoric acid groups is 1. The van der Waals surface area contributed by atoms with Crippen LogP contribution >= 0.6 is 7.82 Å². The molecule has 0 aromatic heterocycles. The van der Waals surface area contributed by atoms with Crippen LogP contribution in [0.2, 0.25) is 69.5 Å². The SMILES string of the molecule is CCCCCCCCCCCCCC(=O)OC(CCCCCCC)CC(=O)O[C@@H]1[C@@H](NC(=O)CC(CCCCCCCCCCC)OCOCC[Si](C)(C)C)[C@H](OCC[Si](C)(C)C)O[C@H](CO[Si](C)(C)C(C)(C)C)[C@H]1OP(=O)(Oc1ccccc1)Oc1ccccc1. The molecule has 19 heteroatoms. The van der Waals surface area contributed by atoms with E-state index in [2.05, 4.69) is 99.2 Å². The highest BCUT2D eigenvalue weighted by atomic mass is 31.2. The molecule has 7 atom stereocenters. The third kappa shape index (κ3) is 38.1. The maximum atomic E-state index is 15.8. The van der Waals surface area contributed by atoms with Crippen molar-refractivity contribution in [3.05, 3.63) is 60.7 Å². The van der Waals surface area contributed by atoms with Gasteiger partial charge in [-0.25, -0.2) is 4.57 Å². The van der Waals surface area contributed by atoms with Gasteiger partial charge in [0, 0.05) is 35.8 Å². The van der Waals surface area contributed by atoms with E-state index in [1.807, 2.05) is 12.1 Å². The fourth-order valence-electron chi connectivity index (χ4n) is 10.7. The Hall–Kier alpha value is -2.91. The van der Waals surface area contributed by atoms with E-state index < -0.39 is 87.0 Å². The zero-order valence-corrected chi connectivity index (χ0v) is 64.3. The summed E-state index contributed by atoms with van der Waals surface area (Å²) in [5.41, 5.74) is 0. The van der Waals surface area contributed by atoms with Crippen LogP contribution in [0.3, 0.4) is 0 Å². The first kappa shape index (κ1) is 83.3. The van der Waals surface area contributed by atoms with E-state index in [0.717, 1.165) is 82.7 Å². The maximum absolute atomic E-state index is 15.8. The van der Waals surface area contributed by atoms with Gasteiger partial charge in [0.05, 0.1) is 25.6 Å². The lowest BCUT2D eigenvalue weighted by Crippen LogP contribution is -2.67. The molecule has 2 aromatic rings. The van der Waals surface area contributed by atoms with Crippen LogP contribution in [0.5, 0.6) is 11.5 Å². The summed E-state index contributed by atoms with van der Waals surface area (Å²) >= 11 is 0. The fourth-order valence-corrected chi connectivity index (χ4v) is 14.7. The molecule has 1 heterocycles. The monoisotopic (exact) mass is 1360 g/mol. The van der Waals surface area contributed by atoms with Crippen molar-refractivity contribution in [2.45, 2.75) is 347 Å². The first-order chi connectivity index (χ1) is 43.8. The van der Waals surface area contributed by atoms with Gasteiger partial charge in [-0.3, -0.25) is 18.9 Å². The molecule has 1 fully saturated rings. The number of esters is 2. The fraction of sp³-hybridized carbons (Fsp3) is 0.795. The number of phosphoric ester groups is 1. The number of hydrogen-bond donors (Lipinski definition) is 1. The first-order valence-corrected chi connectivity index (χ1v) is 48.1. The van der Waals surface area contributed by atoms with Gasteiger partial charge in [-0.15, -0.1) is 0 Å². The van der Waals surface area contributed by atoms with Crippen molar-refractivity contribution >= 4 is 50.1 Å². The molecule has 0 bridgehead atoms. The zero-order chi connectivity index (χ0) is 67.7. The second-order valence-corrected chi connectivity index (χ2v) is 47.4. The van der Waals surface area contributed by atoms with Crippen LogP contribution in [-0.2, 0) is 56.3 Å². The molecule has 92 heavy (non-hydrogen) atoms. The summed E-state index contributed by atoms with van der Waals surface area (Å²) in [5, 5.41) is 3.01. The molecule has 530 valence electrons. The summed E-state index contributed by atoms with van der Waals surface area (Å²) < 4.78 is 81.8. The van der Waals surface area contributed by atoms with Gasteiger partial charge in [-0.05, 0) is 80.2 Å². The van der Waals surface area contributed by atoms with E-state index in [9.17, 15) is 4.79 Å². The van der Waals surface area contributed by atoms with Gasteiger partial charge in [0.25, 0.3) is 0 Å². The molecule has 15 nitrogen and oxygen atoms in total. The van der Waals surface area contributed by atoms with Crippen molar-refractivity contribution in [1.82, 2.24) is 5.32 Å². The normalized spacial score (nSPS) is 18.1. The molecule has 0 radical (unpaired) electrons. The average Bonchev–Trinajstić information content (AvgIpc) is 0.775. The number of nitrogens with one attached hydrogen (secondary N) is 1. The molecular formula is C73H132NO14PSi3. The molecule has 0 aliphatic carbocycles. The molecule has 2 unspecified atom stereocenters. The molecular weight excluding hydrogens is 1230 g/mol. The third-order valence-electron chi connectivity index (χ3n) is 17.7. The molecule has 0 spiro atoms. The molecule has 1 saturated heterocycles. The Morgan fingerprint density at radius 3 is 1.50 bits per heavy atom. The number of para-hydroxylation sites is 2. The first-order valence-electron chi connectivity index (χ1n) is 36.3. The number of rotatable bonds is 54. The summed E-state index contributed by atoms with van der Waals surface area (Å²) in [6.07, 6.45) is 22.4. The van der Waals surface area contributed by atoms with Crippen molar-refractivity contribution < 1.29 is 65.4 Å². The number of carbonyl (C=O) groups excluding carboxylic acids is 3. The van der Waals surface area contributed by atoms with Gasteiger partial charge in [0.1, 0.15) is 42.6 Å². The van der Waals surface area contributed by atoms with Crippen molar-refractivity contribution in [3.63, 3.8) is 0 Å². The van der Waals surface area contributed by atoms with Crippen molar-refractivity contribution in [2.24, 2.45) is 0 Å². The largest absolute Gasteiger partial charge is 0.588 e. The average molecular weight is 1360 g/mol. The highest BCUT2D eigenvalue weighted by Crippen LogP contribution is 2.53. The molecule has 1 aliphatic rings. The number of hydrogen-bond acceptors (Lipinski definition) is 14. The van der Waals surface area contributed by atoms with E-state index in [4.69, 9.17) is 46.4 Å². The van der Waals surface area contributed by atoms with E-state index in [0.29, 0.717) is 25.9 Å². The van der Waals surface area contributed by atoms with Crippen LogP contribution in [0.25, 0.3) is 0 Å².